The standard InChI is InChI=1S/C26H35ClFN5O4Si/c1-8-37-24(36)33-21(30-22(34)26(12-9-13-26)38(5,6)7)16-14-32(25(3,4)20(16)31-33)23(35)29-19-17(28)11-10-15(2)18(19)27/h10-11H,8-9,12-14H2,1-7H3,(H,29,35)(H,30,34). The molecule has 2 aromatic rings. The lowest BCUT2D eigenvalue weighted by Crippen LogP contribution is -2.52. The lowest BCUT2D eigenvalue weighted by molar-refractivity contribution is -0.121. The molecule has 4 rings (SSSR count). The molecule has 0 spiro atoms. The number of fused-ring (bicyclic) bond motifs is 1. The number of urea groups is 1. The molecule has 0 radical (unpaired) electrons. The Balaban J connectivity index is 1.71. The molecule has 1 saturated carbocycles. The molecule has 0 saturated heterocycles. The zero-order chi connectivity index (χ0) is 28.2. The minimum absolute atomic E-state index is 0.0359. The van der Waals surface area contributed by atoms with Gasteiger partial charge in [0.25, 0.3) is 0 Å². The Morgan fingerprint density at radius 3 is 2.39 bits per heavy atom. The number of aryl methyl sites for hydroxylation is 1. The molecule has 1 aromatic carbocycles. The Morgan fingerprint density at radius 2 is 1.84 bits per heavy atom. The van der Waals surface area contributed by atoms with Gasteiger partial charge in [-0.3, -0.25) is 4.79 Å². The second-order valence-corrected chi connectivity index (χ2v) is 17.4. The average molecular weight is 564 g/mol. The van der Waals surface area contributed by atoms with E-state index in [1.165, 1.54) is 17.0 Å². The van der Waals surface area contributed by atoms with Gasteiger partial charge < -0.3 is 20.3 Å². The van der Waals surface area contributed by atoms with Crippen molar-refractivity contribution < 1.29 is 23.5 Å². The van der Waals surface area contributed by atoms with Gasteiger partial charge in [0.2, 0.25) is 5.91 Å². The van der Waals surface area contributed by atoms with Crippen LogP contribution in [-0.4, -0.2) is 47.4 Å². The van der Waals surface area contributed by atoms with Gasteiger partial charge in [0.15, 0.2) is 0 Å². The molecule has 2 N–H and O–H groups in total. The van der Waals surface area contributed by atoms with Crippen LogP contribution in [0.3, 0.4) is 0 Å². The number of carbonyl (C=O) groups excluding carboxylic acids is 3. The molecule has 2 heterocycles. The number of rotatable bonds is 5. The predicted octanol–water partition coefficient (Wildman–Crippen LogP) is 6.47. The molecule has 1 fully saturated rings. The van der Waals surface area contributed by atoms with Crippen LogP contribution in [0.15, 0.2) is 12.1 Å². The van der Waals surface area contributed by atoms with Gasteiger partial charge in [0, 0.05) is 10.6 Å². The number of carbonyl (C=O) groups is 3. The number of hydrogen-bond acceptors (Lipinski definition) is 5. The third-order valence-corrected chi connectivity index (χ3v) is 12.2. The number of amides is 3. The lowest BCUT2D eigenvalue weighted by atomic mass is 9.83. The molecule has 1 aromatic heterocycles. The Hall–Kier alpha value is -2.92. The van der Waals surface area contributed by atoms with Gasteiger partial charge >= 0.3 is 12.1 Å². The molecule has 3 amide bonds. The number of benzene rings is 1. The first kappa shape index (κ1) is 28.1. The fourth-order valence-corrected chi connectivity index (χ4v) is 8.16. The Labute approximate surface area is 228 Å². The second kappa shape index (κ2) is 9.67. The van der Waals surface area contributed by atoms with Crippen LogP contribution < -0.4 is 10.6 Å². The van der Waals surface area contributed by atoms with Crippen LogP contribution in [0.25, 0.3) is 0 Å². The first-order valence-electron chi connectivity index (χ1n) is 12.8. The van der Waals surface area contributed by atoms with Crippen LogP contribution in [0.4, 0.5) is 25.5 Å². The molecular formula is C26H35ClFN5O4Si. The van der Waals surface area contributed by atoms with Crippen molar-refractivity contribution in [2.75, 3.05) is 17.2 Å². The molecule has 1 aliphatic carbocycles. The molecule has 12 heteroatoms. The largest absolute Gasteiger partial charge is 0.448 e. The van der Waals surface area contributed by atoms with Gasteiger partial charge in [-0.05, 0) is 52.2 Å². The van der Waals surface area contributed by atoms with Gasteiger partial charge in [-0.1, -0.05) is 43.7 Å². The molecule has 0 bridgehead atoms. The molecule has 2 aliphatic rings. The lowest BCUT2D eigenvalue weighted by Gasteiger charge is -2.48. The van der Waals surface area contributed by atoms with Crippen molar-refractivity contribution in [3.63, 3.8) is 0 Å². The van der Waals surface area contributed by atoms with Crippen molar-refractivity contribution in [1.29, 1.82) is 0 Å². The maximum absolute atomic E-state index is 14.5. The molecular weight excluding hydrogens is 529 g/mol. The van der Waals surface area contributed by atoms with Gasteiger partial charge in [0.1, 0.15) is 11.6 Å². The molecule has 206 valence electrons. The number of halogens is 2. The quantitative estimate of drug-likeness (QED) is 0.405. The summed E-state index contributed by atoms with van der Waals surface area (Å²) in [5, 5.41) is 9.78. The minimum Gasteiger partial charge on any atom is -0.448 e. The van der Waals surface area contributed by atoms with Gasteiger partial charge in [-0.2, -0.15) is 5.10 Å². The van der Waals surface area contributed by atoms with Crippen molar-refractivity contribution in [3.8, 4) is 0 Å². The zero-order valence-corrected chi connectivity index (χ0v) is 24.7. The monoisotopic (exact) mass is 563 g/mol. The predicted molar refractivity (Wildman–Crippen MR) is 147 cm³/mol. The number of hydrogen-bond donors (Lipinski definition) is 2. The topological polar surface area (TPSA) is 106 Å². The van der Waals surface area contributed by atoms with Crippen molar-refractivity contribution >= 4 is 49.2 Å². The van der Waals surface area contributed by atoms with Crippen LogP contribution >= 0.6 is 11.6 Å². The molecule has 1 aliphatic heterocycles. The van der Waals surface area contributed by atoms with Gasteiger partial charge in [-0.25, -0.2) is 14.0 Å². The Morgan fingerprint density at radius 1 is 1.18 bits per heavy atom. The van der Waals surface area contributed by atoms with Crippen LogP contribution in [0.2, 0.25) is 29.7 Å². The van der Waals surface area contributed by atoms with E-state index < -0.39 is 36.6 Å². The minimum atomic E-state index is -1.90. The summed E-state index contributed by atoms with van der Waals surface area (Å²) in [5.41, 5.74) is 0.505. The third kappa shape index (κ3) is 4.39. The second-order valence-electron chi connectivity index (χ2n) is 11.6. The maximum Gasteiger partial charge on any atom is 0.436 e. The van der Waals surface area contributed by atoms with E-state index >= 15 is 0 Å². The fraction of sp³-hybridized carbons (Fsp3) is 0.538. The molecule has 9 nitrogen and oxygen atoms in total. The SMILES string of the molecule is CCOC(=O)n1nc2c(c1NC(=O)C1([Si](C)(C)C)CCC1)CN(C(=O)Nc1c(F)ccc(C)c1Cl)C2(C)C. The van der Waals surface area contributed by atoms with Gasteiger partial charge in [-0.15, -0.1) is 4.68 Å². The third-order valence-electron chi connectivity index (χ3n) is 8.07. The molecule has 38 heavy (non-hydrogen) atoms. The van der Waals surface area contributed by atoms with E-state index in [0.29, 0.717) is 16.8 Å². The Kier molecular flexibility index (Phi) is 7.15. The number of nitrogens with one attached hydrogen (secondary N) is 2. The highest BCUT2D eigenvalue weighted by Crippen LogP contribution is 2.56. The highest BCUT2D eigenvalue weighted by molar-refractivity contribution is 6.83. The van der Waals surface area contributed by atoms with Crippen molar-refractivity contribution in [3.05, 3.63) is 39.8 Å². The number of aromatic nitrogens is 2. The van der Waals surface area contributed by atoms with E-state index in [2.05, 4.69) is 35.4 Å². The summed E-state index contributed by atoms with van der Waals surface area (Å²) >= 11 is 6.27. The summed E-state index contributed by atoms with van der Waals surface area (Å²) in [6.07, 6.45) is 1.86. The number of ether oxygens (including phenoxy) is 1. The summed E-state index contributed by atoms with van der Waals surface area (Å²) in [6.45, 7) is 13.6. The summed E-state index contributed by atoms with van der Waals surface area (Å²) in [7, 11) is -1.90. The summed E-state index contributed by atoms with van der Waals surface area (Å²) in [6, 6.07) is 2.19. The highest BCUT2D eigenvalue weighted by atomic mass is 35.5. The summed E-state index contributed by atoms with van der Waals surface area (Å²) in [4.78, 5) is 41.4. The molecule has 0 atom stereocenters. The van der Waals surface area contributed by atoms with Gasteiger partial charge in [0.05, 0.1) is 43.2 Å². The first-order valence-corrected chi connectivity index (χ1v) is 16.7. The number of nitrogens with zero attached hydrogens (tertiary/aromatic N) is 3. The van der Waals surface area contributed by atoms with Crippen molar-refractivity contribution in [2.45, 2.75) is 83.7 Å². The van der Waals surface area contributed by atoms with E-state index in [9.17, 15) is 18.8 Å². The zero-order valence-electron chi connectivity index (χ0n) is 22.9. The normalized spacial score (nSPS) is 17.4. The molecule has 0 unspecified atom stereocenters. The summed E-state index contributed by atoms with van der Waals surface area (Å²) in [5.74, 6) is -0.581. The Bertz CT molecular complexity index is 1320. The average Bonchev–Trinajstić information content (AvgIpc) is 3.26. The first-order chi connectivity index (χ1) is 17.7. The van der Waals surface area contributed by atoms with E-state index in [-0.39, 0.29) is 35.6 Å². The number of anilines is 2. The van der Waals surface area contributed by atoms with E-state index in [4.69, 9.17) is 16.3 Å². The van der Waals surface area contributed by atoms with Crippen LogP contribution in [0.1, 0.15) is 56.9 Å². The highest BCUT2D eigenvalue weighted by Gasteiger charge is 2.54. The van der Waals surface area contributed by atoms with Crippen LogP contribution in [0, 0.1) is 12.7 Å². The van der Waals surface area contributed by atoms with E-state index in [0.717, 1.165) is 23.9 Å². The van der Waals surface area contributed by atoms with Crippen molar-refractivity contribution in [2.24, 2.45) is 0 Å². The van der Waals surface area contributed by atoms with Crippen molar-refractivity contribution in [1.82, 2.24) is 14.7 Å². The van der Waals surface area contributed by atoms with Crippen LogP contribution in [-0.2, 0) is 21.6 Å². The summed E-state index contributed by atoms with van der Waals surface area (Å²) < 4.78 is 20.8. The van der Waals surface area contributed by atoms with E-state index in [1.807, 2.05) is 0 Å². The maximum atomic E-state index is 14.5. The van der Waals surface area contributed by atoms with Crippen LogP contribution in [0.5, 0.6) is 0 Å². The van der Waals surface area contributed by atoms with E-state index in [1.54, 1.807) is 27.7 Å². The smallest absolute Gasteiger partial charge is 0.436 e. The fourth-order valence-electron chi connectivity index (χ4n) is 5.37.